The van der Waals surface area contributed by atoms with Gasteiger partial charge in [-0.1, -0.05) is 15.9 Å². The third kappa shape index (κ3) is 4.60. The molecule has 14 heavy (non-hydrogen) atoms. The highest BCUT2D eigenvalue weighted by molar-refractivity contribution is 9.10. The van der Waals surface area contributed by atoms with Crippen LogP contribution in [-0.2, 0) is 14.3 Å². The van der Waals surface area contributed by atoms with Gasteiger partial charge in [0.25, 0.3) is 0 Å². The maximum Gasteiger partial charge on any atom is 0.328 e. The third-order valence-corrected chi connectivity index (χ3v) is 1.89. The molecule has 0 rings (SSSR count). The van der Waals surface area contributed by atoms with Crippen molar-refractivity contribution in [1.29, 1.82) is 0 Å². The fourth-order valence-corrected chi connectivity index (χ4v) is 0.809. The first-order valence-corrected chi connectivity index (χ1v) is 5.24. The Balaban J connectivity index is 4.13. The van der Waals surface area contributed by atoms with Crippen LogP contribution in [0.2, 0.25) is 0 Å². The van der Waals surface area contributed by atoms with Gasteiger partial charge in [0, 0.05) is 0 Å². The highest BCUT2D eigenvalue weighted by Crippen LogP contribution is 2.15. The Labute approximate surface area is 92.5 Å². The second-order valence-electron chi connectivity index (χ2n) is 3.42. The molecular weight excluding hydrogens is 250 g/mol. The van der Waals surface area contributed by atoms with Crippen LogP contribution in [0.1, 0.15) is 27.7 Å². The number of carbonyl (C=O) groups is 2. The summed E-state index contributed by atoms with van der Waals surface area (Å²) in [4.78, 5) is 22.6. The van der Waals surface area contributed by atoms with Crippen LogP contribution in [-0.4, -0.2) is 28.8 Å². The largest absolute Gasteiger partial charge is 0.464 e. The lowest BCUT2D eigenvalue weighted by Gasteiger charge is -2.19. The van der Waals surface area contributed by atoms with Gasteiger partial charge in [0.15, 0.2) is 0 Å². The van der Waals surface area contributed by atoms with E-state index in [9.17, 15) is 9.59 Å². The minimum atomic E-state index is -0.673. The van der Waals surface area contributed by atoms with Gasteiger partial charge in [-0.2, -0.15) is 0 Å². The summed E-state index contributed by atoms with van der Waals surface area (Å²) in [5, 5.41) is 2.54. The molecule has 0 saturated carbocycles. The number of esters is 1. The molecule has 1 amide bonds. The van der Waals surface area contributed by atoms with Crippen molar-refractivity contribution in [3.63, 3.8) is 0 Å². The maximum absolute atomic E-state index is 11.4. The SMILES string of the molecule is CCOC(=O)C(C)NC(=O)C(C)(C)Br. The van der Waals surface area contributed by atoms with E-state index in [1.54, 1.807) is 27.7 Å². The maximum atomic E-state index is 11.4. The summed E-state index contributed by atoms with van der Waals surface area (Å²) in [7, 11) is 0. The van der Waals surface area contributed by atoms with E-state index in [1.807, 2.05) is 0 Å². The summed E-state index contributed by atoms with van der Waals surface area (Å²) in [6.07, 6.45) is 0. The molecule has 0 aromatic heterocycles. The molecular formula is C9H16BrNO3. The number of alkyl halides is 1. The van der Waals surface area contributed by atoms with E-state index in [0.29, 0.717) is 6.61 Å². The lowest BCUT2D eigenvalue weighted by atomic mass is 10.2. The number of hydrogen-bond donors (Lipinski definition) is 1. The van der Waals surface area contributed by atoms with Gasteiger partial charge in [0.1, 0.15) is 6.04 Å². The predicted octanol–water partition coefficient (Wildman–Crippen LogP) is 1.23. The van der Waals surface area contributed by atoms with Gasteiger partial charge in [0.05, 0.1) is 10.9 Å². The molecule has 0 aromatic rings. The number of halogens is 1. The van der Waals surface area contributed by atoms with Crippen LogP contribution < -0.4 is 5.32 Å². The van der Waals surface area contributed by atoms with Crippen molar-refractivity contribution in [2.45, 2.75) is 38.1 Å². The van der Waals surface area contributed by atoms with Crippen LogP contribution in [0.4, 0.5) is 0 Å². The van der Waals surface area contributed by atoms with Crippen LogP contribution >= 0.6 is 15.9 Å². The smallest absolute Gasteiger partial charge is 0.328 e. The first-order valence-electron chi connectivity index (χ1n) is 4.45. The minimum Gasteiger partial charge on any atom is -0.464 e. The van der Waals surface area contributed by atoms with E-state index in [1.165, 1.54) is 0 Å². The number of amides is 1. The number of carbonyl (C=O) groups excluding carboxylic acids is 2. The van der Waals surface area contributed by atoms with Gasteiger partial charge < -0.3 is 10.1 Å². The third-order valence-electron chi connectivity index (χ3n) is 1.53. The van der Waals surface area contributed by atoms with Crippen molar-refractivity contribution in [2.24, 2.45) is 0 Å². The summed E-state index contributed by atoms with van der Waals surface area (Å²) >= 11 is 3.20. The van der Waals surface area contributed by atoms with Gasteiger partial charge in [-0.05, 0) is 27.7 Å². The first kappa shape index (κ1) is 13.4. The van der Waals surface area contributed by atoms with Crippen molar-refractivity contribution in [1.82, 2.24) is 5.32 Å². The second-order valence-corrected chi connectivity index (χ2v) is 5.40. The van der Waals surface area contributed by atoms with Gasteiger partial charge in [-0.3, -0.25) is 4.79 Å². The molecule has 0 spiro atoms. The van der Waals surface area contributed by atoms with Gasteiger partial charge >= 0.3 is 5.97 Å². The molecule has 82 valence electrons. The molecule has 0 aliphatic rings. The molecule has 1 unspecified atom stereocenters. The lowest BCUT2D eigenvalue weighted by molar-refractivity contribution is -0.147. The Morgan fingerprint density at radius 1 is 1.50 bits per heavy atom. The van der Waals surface area contributed by atoms with Gasteiger partial charge in [-0.15, -0.1) is 0 Å². The standard InChI is InChI=1S/C9H16BrNO3/c1-5-14-7(12)6(2)11-8(13)9(3,4)10/h6H,5H2,1-4H3,(H,11,13). The van der Waals surface area contributed by atoms with E-state index < -0.39 is 16.3 Å². The Morgan fingerprint density at radius 3 is 2.36 bits per heavy atom. The van der Waals surface area contributed by atoms with Crippen LogP contribution in [0.25, 0.3) is 0 Å². The normalized spacial score (nSPS) is 13.2. The van der Waals surface area contributed by atoms with E-state index in [0.717, 1.165) is 0 Å². The number of hydrogen-bond acceptors (Lipinski definition) is 3. The molecule has 0 aromatic carbocycles. The predicted molar refractivity (Wildman–Crippen MR) is 57.2 cm³/mol. The Bertz CT molecular complexity index is 223. The topological polar surface area (TPSA) is 55.4 Å². The van der Waals surface area contributed by atoms with E-state index >= 15 is 0 Å². The molecule has 0 heterocycles. The Kier molecular flexibility index (Phi) is 5.12. The van der Waals surface area contributed by atoms with Gasteiger partial charge in [0.2, 0.25) is 5.91 Å². The lowest BCUT2D eigenvalue weighted by Crippen LogP contribution is -2.46. The molecule has 0 aliphatic carbocycles. The summed E-state index contributed by atoms with van der Waals surface area (Å²) in [5.74, 6) is -0.657. The van der Waals surface area contributed by atoms with Gasteiger partial charge in [-0.25, -0.2) is 4.79 Å². The average Bonchev–Trinajstić information content (AvgIpc) is 2.02. The summed E-state index contributed by atoms with van der Waals surface area (Å²) in [6.45, 7) is 7.05. The van der Waals surface area contributed by atoms with E-state index in [2.05, 4.69) is 21.2 Å². The van der Waals surface area contributed by atoms with Crippen LogP contribution in [0, 0.1) is 0 Å². The molecule has 1 atom stereocenters. The molecule has 0 fully saturated rings. The second kappa shape index (κ2) is 5.34. The highest BCUT2D eigenvalue weighted by Gasteiger charge is 2.27. The molecule has 0 saturated heterocycles. The zero-order valence-electron chi connectivity index (χ0n) is 8.89. The first-order chi connectivity index (χ1) is 6.29. The average molecular weight is 266 g/mol. The van der Waals surface area contributed by atoms with Crippen molar-refractivity contribution in [2.75, 3.05) is 6.61 Å². The number of ether oxygens (including phenoxy) is 1. The summed E-state index contributed by atoms with van der Waals surface area (Å²) in [6, 6.07) is -0.612. The molecule has 5 heteroatoms. The number of nitrogens with one attached hydrogen (secondary N) is 1. The fourth-order valence-electron chi connectivity index (χ4n) is 0.694. The molecule has 0 aliphatic heterocycles. The summed E-state index contributed by atoms with van der Waals surface area (Å²) < 4.78 is 4.08. The van der Waals surface area contributed by atoms with Crippen molar-refractivity contribution >= 4 is 27.8 Å². The minimum absolute atomic E-state index is 0.238. The van der Waals surface area contributed by atoms with Crippen LogP contribution in [0.15, 0.2) is 0 Å². The van der Waals surface area contributed by atoms with E-state index in [-0.39, 0.29) is 5.91 Å². The van der Waals surface area contributed by atoms with Crippen molar-refractivity contribution in [3.8, 4) is 0 Å². The van der Waals surface area contributed by atoms with Crippen molar-refractivity contribution in [3.05, 3.63) is 0 Å². The summed E-state index contributed by atoms with van der Waals surface area (Å²) in [5.41, 5.74) is 0. The monoisotopic (exact) mass is 265 g/mol. The zero-order valence-corrected chi connectivity index (χ0v) is 10.5. The van der Waals surface area contributed by atoms with Crippen LogP contribution in [0.3, 0.4) is 0 Å². The molecule has 1 N–H and O–H groups in total. The Morgan fingerprint density at radius 2 is 2.00 bits per heavy atom. The highest BCUT2D eigenvalue weighted by atomic mass is 79.9. The quantitative estimate of drug-likeness (QED) is 0.615. The van der Waals surface area contributed by atoms with Crippen LogP contribution in [0.5, 0.6) is 0 Å². The molecule has 0 bridgehead atoms. The molecule has 4 nitrogen and oxygen atoms in total. The van der Waals surface area contributed by atoms with Crippen molar-refractivity contribution < 1.29 is 14.3 Å². The molecule has 0 radical (unpaired) electrons. The Hall–Kier alpha value is -0.580. The fraction of sp³-hybridized carbons (Fsp3) is 0.778. The zero-order chi connectivity index (χ0) is 11.4. The van der Waals surface area contributed by atoms with E-state index in [4.69, 9.17) is 4.74 Å². The number of rotatable bonds is 4.